The third kappa shape index (κ3) is 2.03. The molecule has 0 unspecified atom stereocenters. The van der Waals surface area contributed by atoms with E-state index in [1.54, 1.807) is 43.6 Å². The Morgan fingerprint density at radius 3 is 2.75 bits per heavy atom. The molecule has 1 aromatic heterocycles. The summed E-state index contributed by atoms with van der Waals surface area (Å²) in [5.41, 5.74) is 0.170. The van der Waals surface area contributed by atoms with Crippen LogP contribution in [0.2, 0.25) is 0 Å². The Kier molecular flexibility index (Phi) is 2.59. The number of hydrogen-bond donors (Lipinski definition) is 2. The first kappa shape index (κ1) is 10.2. The molecular weight excluding hydrogens is 206 g/mol. The quantitative estimate of drug-likeness (QED) is 0.742. The molecule has 0 saturated carbocycles. The zero-order chi connectivity index (χ0) is 11.5. The van der Waals surface area contributed by atoms with Crippen molar-refractivity contribution < 1.29 is 5.11 Å². The van der Waals surface area contributed by atoms with Crippen LogP contribution in [0.15, 0.2) is 41.3 Å². The molecule has 0 saturated heterocycles. The van der Waals surface area contributed by atoms with Gasteiger partial charge < -0.3 is 15.0 Å². The van der Waals surface area contributed by atoms with E-state index in [0.29, 0.717) is 11.5 Å². The molecule has 5 heteroatoms. The Morgan fingerprint density at radius 1 is 1.31 bits per heavy atom. The van der Waals surface area contributed by atoms with Gasteiger partial charge in [-0.3, -0.25) is 0 Å². The van der Waals surface area contributed by atoms with Crippen molar-refractivity contribution in [3.63, 3.8) is 0 Å². The number of aromatic nitrogens is 2. The van der Waals surface area contributed by atoms with Crippen molar-refractivity contribution in [2.45, 2.75) is 0 Å². The second kappa shape index (κ2) is 4.06. The summed E-state index contributed by atoms with van der Waals surface area (Å²) in [6.45, 7) is 0. The lowest BCUT2D eigenvalue weighted by molar-refractivity contribution is 0.477. The fraction of sp³-hybridized carbons (Fsp3) is 0.0909. The van der Waals surface area contributed by atoms with Gasteiger partial charge in [-0.1, -0.05) is 12.1 Å². The highest BCUT2D eigenvalue weighted by Crippen LogP contribution is 2.24. The predicted octanol–water partition coefficient (Wildman–Crippen LogP) is 1.23. The lowest BCUT2D eigenvalue weighted by Crippen LogP contribution is -2.19. The molecule has 0 spiro atoms. The number of rotatable bonds is 2. The van der Waals surface area contributed by atoms with Crippen LogP contribution in [0.1, 0.15) is 0 Å². The molecule has 2 rings (SSSR count). The summed E-state index contributed by atoms with van der Waals surface area (Å²) in [4.78, 5) is 15.1. The third-order valence-corrected chi connectivity index (χ3v) is 2.14. The average Bonchev–Trinajstić information content (AvgIpc) is 2.27. The Morgan fingerprint density at radius 2 is 2.06 bits per heavy atom. The normalized spacial score (nSPS) is 10.1. The van der Waals surface area contributed by atoms with Gasteiger partial charge in [-0.15, -0.1) is 0 Å². The first-order chi connectivity index (χ1) is 7.66. The number of aromatic hydroxyl groups is 1. The van der Waals surface area contributed by atoms with Crippen LogP contribution in [0, 0.1) is 0 Å². The largest absolute Gasteiger partial charge is 0.506 e. The smallest absolute Gasteiger partial charge is 0.349 e. The molecule has 1 aromatic carbocycles. The van der Waals surface area contributed by atoms with Crippen molar-refractivity contribution in [2.75, 3.05) is 5.32 Å². The van der Waals surface area contributed by atoms with Crippen molar-refractivity contribution in [3.8, 4) is 5.75 Å². The molecule has 82 valence electrons. The van der Waals surface area contributed by atoms with Gasteiger partial charge in [0.25, 0.3) is 0 Å². The van der Waals surface area contributed by atoms with Gasteiger partial charge in [0.15, 0.2) is 0 Å². The molecule has 0 radical (unpaired) electrons. The second-order valence-electron chi connectivity index (χ2n) is 3.35. The highest BCUT2D eigenvalue weighted by molar-refractivity contribution is 5.62. The molecule has 16 heavy (non-hydrogen) atoms. The first-order valence-corrected chi connectivity index (χ1v) is 4.75. The highest BCUT2D eigenvalue weighted by Gasteiger charge is 2.01. The van der Waals surface area contributed by atoms with Crippen LogP contribution in [0.25, 0.3) is 0 Å². The van der Waals surface area contributed by atoms with Crippen molar-refractivity contribution in [3.05, 3.63) is 47.0 Å². The fourth-order valence-corrected chi connectivity index (χ4v) is 1.25. The van der Waals surface area contributed by atoms with Crippen molar-refractivity contribution in [2.24, 2.45) is 7.05 Å². The molecule has 2 N–H and O–H groups in total. The van der Waals surface area contributed by atoms with Gasteiger partial charge in [-0.05, 0) is 18.2 Å². The monoisotopic (exact) mass is 217 g/mol. The lowest BCUT2D eigenvalue weighted by atomic mass is 10.3. The van der Waals surface area contributed by atoms with Crippen LogP contribution < -0.4 is 11.0 Å². The van der Waals surface area contributed by atoms with E-state index in [9.17, 15) is 9.90 Å². The van der Waals surface area contributed by atoms with Gasteiger partial charge in [0.05, 0.1) is 5.69 Å². The topological polar surface area (TPSA) is 67.2 Å². The van der Waals surface area contributed by atoms with Crippen LogP contribution in [-0.4, -0.2) is 14.7 Å². The molecule has 0 aliphatic heterocycles. The molecule has 0 aliphatic rings. The van der Waals surface area contributed by atoms with Crippen LogP contribution in [0.4, 0.5) is 11.5 Å². The van der Waals surface area contributed by atoms with E-state index in [1.165, 1.54) is 4.57 Å². The Bertz CT molecular complexity index is 563. The van der Waals surface area contributed by atoms with E-state index in [0.717, 1.165) is 0 Å². The second-order valence-corrected chi connectivity index (χ2v) is 3.35. The maximum absolute atomic E-state index is 11.3. The van der Waals surface area contributed by atoms with Crippen molar-refractivity contribution in [1.82, 2.24) is 9.55 Å². The molecule has 0 aliphatic carbocycles. The fourth-order valence-electron chi connectivity index (χ4n) is 1.25. The molecule has 0 bridgehead atoms. The molecular formula is C11H11N3O2. The van der Waals surface area contributed by atoms with Crippen LogP contribution >= 0.6 is 0 Å². The minimum atomic E-state index is -0.347. The molecule has 0 atom stereocenters. The molecule has 5 nitrogen and oxygen atoms in total. The van der Waals surface area contributed by atoms with Gasteiger partial charge >= 0.3 is 5.69 Å². The maximum Gasteiger partial charge on any atom is 0.349 e. The number of aryl methyl sites for hydroxylation is 1. The molecule has 0 fully saturated rings. The van der Waals surface area contributed by atoms with Gasteiger partial charge in [-0.25, -0.2) is 4.79 Å². The van der Waals surface area contributed by atoms with Crippen LogP contribution in [0.5, 0.6) is 5.75 Å². The first-order valence-electron chi connectivity index (χ1n) is 4.75. The molecule has 2 aromatic rings. The average molecular weight is 217 g/mol. The number of phenolic OH excluding ortho intramolecular Hbond substituents is 1. The van der Waals surface area contributed by atoms with Gasteiger partial charge in [0.2, 0.25) is 0 Å². The zero-order valence-electron chi connectivity index (χ0n) is 8.71. The number of hydrogen-bond acceptors (Lipinski definition) is 4. The number of nitrogens with zero attached hydrogens (tertiary/aromatic N) is 2. The Balaban J connectivity index is 2.31. The number of phenols is 1. The van der Waals surface area contributed by atoms with Crippen LogP contribution in [0.3, 0.4) is 0 Å². The minimum absolute atomic E-state index is 0.116. The summed E-state index contributed by atoms with van der Waals surface area (Å²) in [5.74, 6) is 0.523. The van der Waals surface area contributed by atoms with Gasteiger partial charge in [-0.2, -0.15) is 4.98 Å². The van der Waals surface area contributed by atoms with Crippen LogP contribution in [-0.2, 0) is 7.05 Å². The highest BCUT2D eigenvalue weighted by atomic mass is 16.3. The number of benzene rings is 1. The van der Waals surface area contributed by atoms with Gasteiger partial charge in [0.1, 0.15) is 11.6 Å². The van der Waals surface area contributed by atoms with Crippen molar-refractivity contribution >= 4 is 11.5 Å². The zero-order valence-corrected chi connectivity index (χ0v) is 8.71. The van der Waals surface area contributed by atoms with E-state index in [1.807, 2.05) is 0 Å². The Hall–Kier alpha value is -2.30. The molecule has 0 amide bonds. The summed E-state index contributed by atoms with van der Waals surface area (Å²) in [5, 5.41) is 12.4. The number of nitrogens with one attached hydrogen (secondary N) is 1. The SMILES string of the molecule is Cn1ccc(Nc2ccccc2O)nc1=O. The minimum Gasteiger partial charge on any atom is -0.506 e. The predicted molar refractivity (Wildman–Crippen MR) is 60.9 cm³/mol. The van der Waals surface area contributed by atoms with E-state index < -0.39 is 0 Å². The molecule has 1 heterocycles. The lowest BCUT2D eigenvalue weighted by Gasteiger charge is -2.07. The van der Waals surface area contributed by atoms with Gasteiger partial charge in [0, 0.05) is 13.2 Å². The maximum atomic E-state index is 11.3. The summed E-state index contributed by atoms with van der Waals surface area (Å²) in [6.07, 6.45) is 1.61. The van der Waals surface area contributed by atoms with E-state index in [2.05, 4.69) is 10.3 Å². The summed E-state index contributed by atoms with van der Waals surface area (Å²) in [6, 6.07) is 8.42. The summed E-state index contributed by atoms with van der Waals surface area (Å²) >= 11 is 0. The van der Waals surface area contributed by atoms with E-state index in [4.69, 9.17) is 0 Å². The summed E-state index contributed by atoms with van der Waals surface area (Å²) in [7, 11) is 1.62. The summed E-state index contributed by atoms with van der Waals surface area (Å²) < 4.78 is 1.37. The number of para-hydroxylation sites is 2. The van der Waals surface area contributed by atoms with Crippen molar-refractivity contribution in [1.29, 1.82) is 0 Å². The number of anilines is 2. The Labute approximate surface area is 92.0 Å². The standard InChI is InChI=1S/C11H11N3O2/c1-14-7-6-10(13-11(14)16)12-8-4-2-3-5-9(8)15/h2-7,15H,1H3,(H,12,13,16). The van der Waals surface area contributed by atoms with E-state index in [-0.39, 0.29) is 11.4 Å². The van der Waals surface area contributed by atoms with E-state index >= 15 is 0 Å². The third-order valence-electron chi connectivity index (χ3n) is 2.14.